The summed E-state index contributed by atoms with van der Waals surface area (Å²) in [4.78, 5) is 34.6. The van der Waals surface area contributed by atoms with Gasteiger partial charge in [-0.25, -0.2) is 14.4 Å². The molecule has 0 aliphatic carbocycles. The van der Waals surface area contributed by atoms with Gasteiger partial charge < -0.3 is 34.3 Å². The molecule has 0 heterocycles. The SMILES string of the molecule is C=CC(=O)OC(OC(=O)C=C)=C(OC(=O)C=C)OC(CO)(CO)C(C)CO. The zero-order valence-electron chi connectivity index (χ0n) is 14.8. The summed E-state index contributed by atoms with van der Waals surface area (Å²) in [6.07, 6.45) is 2.16. The fourth-order valence-electron chi connectivity index (χ4n) is 1.49. The first-order valence-corrected chi connectivity index (χ1v) is 7.52. The number of rotatable bonds is 12. The average Bonchev–Trinajstić information content (AvgIpc) is 2.69. The largest absolute Gasteiger partial charge is 0.448 e. The molecule has 3 N–H and O–H groups in total. The summed E-state index contributed by atoms with van der Waals surface area (Å²) in [6, 6.07) is 0. The van der Waals surface area contributed by atoms with Crippen LogP contribution in [0.1, 0.15) is 6.92 Å². The first kappa shape index (κ1) is 24.1. The maximum Gasteiger partial charge on any atom is 0.380 e. The first-order chi connectivity index (χ1) is 12.7. The van der Waals surface area contributed by atoms with Crippen molar-refractivity contribution in [3.63, 3.8) is 0 Å². The number of carbonyl (C=O) groups excluding carboxylic acids is 3. The molecule has 0 saturated heterocycles. The third-order valence-corrected chi connectivity index (χ3v) is 3.25. The van der Waals surface area contributed by atoms with Gasteiger partial charge >= 0.3 is 29.8 Å². The van der Waals surface area contributed by atoms with Crippen LogP contribution in [0.25, 0.3) is 0 Å². The second kappa shape index (κ2) is 11.6. The fraction of sp³-hybridized carbons (Fsp3) is 0.353. The molecule has 0 aromatic rings. The second-order valence-corrected chi connectivity index (χ2v) is 5.02. The van der Waals surface area contributed by atoms with Crippen molar-refractivity contribution in [3.05, 3.63) is 49.9 Å². The van der Waals surface area contributed by atoms with Crippen LogP contribution in [0.4, 0.5) is 0 Å². The van der Waals surface area contributed by atoms with Gasteiger partial charge in [0, 0.05) is 30.8 Å². The molecule has 0 saturated carbocycles. The number of aliphatic hydroxyl groups is 3. The van der Waals surface area contributed by atoms with Crippen LogP contribution in [-0.2, 0) is 33.3 Å². The van der Waals surface area contributed by atoms with Gasteiger partial charge in [-0.3, -0.25) is 0 Å². The summed E-state index contributed by atoms with van der Waals surface area (Å²) < 4.78 is 19.5. The van der Waals surface area contributed by atoms with E-state index in [9.17, 15) is 29.7 Å². The van der Waals surface area contributed by atoms with Crippen LogP contribution in [0.15, 0.2) is 49.9 Å². The molecule has 1 atom stereocenters. The number of aliphatic hydroxyl groups excluding tert-OH is 3. The highest BCUT2D eigenvalue weighted by molar-refractivity contribution is 5.85. The topological polar surface area (TPSA) is 149 Å². The van der Waals surface area contributed by atoms with Gasteiger partial charge in [-0.05, 0) is 0 Å². The maximum atomic E-state index is 11.6. The summed E-state index contributed by atoms with van der Waals surface area (Å²) >= 11 is 0. The van der Waals surface area contributed by atoms with E-state index >= 15 is 0 Å². The van der Waals surface area contributed by atoms with Crippen LogP contribution in [-0.4, -0.2) is 58.6 Å². The Morgan fingerprint density at radius 1 is 0.852 bits per heavy atom. The molecule has 150 valence electrons. The molecule has 0 amide bonds. The summed E-state index contributed by atoms with van der Waals surface area (Å²) in [5, 5.41) is 28.6. The van der Waals surface area contributed by atoms with Gasteiger partial charge in [0.05, 0.1) is 13.2 Å². The van der Waals surface area contributed by atoms with Crippen LogP contribution in [0, 0.1) is 5.92 Å². The van der Waals surface area contributed by atoms with Crippen molar-refractivity contribution >= 4 is 17.9 Å². The van der Waals surface area contributed by atoms with Gasteiger partial charge in [-0.2, -0.15) is 0 Å². The van der Waals surface area contributed by atoms with Crippen molar-refractivity contribution < 1.29 is 48.7 Å². The Kier molecular flexibility index (Phi) is 10.4. The molecule has 0 aromatic carbocycles. The lowest BCUT2D eigenvalue weighted by molar-refractivity contribution is -0.180. The van der Waals surface area contributed by atoms with E-state index in [4.69, 9.17) is 18.9 Å². The van der Waals surface area contributed by atoms with E-state index in [1.165, 1.54) is 6.92 Å². The highest BCUT2D eigenvalue weighted by Gasteiger charge is 2.41. The lowest BCUT2D eigenvalue weighted by atomic mass is 9.91. The Balaban J connectivity index is 6.31. The lowest BCUT2D eigenvalue weighted by Gasteiger charge is -2.35. The molecule has 0 aliphatic rings. The molecule has 0 spiro atoms. The predicted molar refractivity (Wildman–Crippen MR) is 90.1 cm³/mol. The van der Waals surface area contributed by atoms with Crippen LogP contribution >= 0.6 is 0 Å². The van der Waals surface area contributed by atoms with E-state index in [2.05, 4.69) is 19.7 Å². The molecule has 27 heavy (non-hydrogen) atoms. The van der Waals surface area contributed by atoms with Crippen molar-refractivity contribution in [3.8, 4) is 0 Å². The monoisotopic (exact) mass is 386 g/mol. The van der Waals surface area contributed by atoms with E-state index in [0.29, 0.717) is 0 Å². The third kappa shape index (κ3) is 7.05. The molecule has 0 rings (SSSR count). The summed E-state index contributed by atoms with van der Waals surface area (Å²) in [5.74, 6) is -6.20. The van der Waals surface area contributed by atoms with Gasteiger partial charge in [0.2, 0.25) is 0 Å². The van der Waals surface area contributed by atoms with E-state index in [1.807, 2.05) is 0 Å². The van der Waals surface area contributed by atoms with E-state index in [1.54, 1.807) is 0 Å². The van der Waals surface area contributed by atoms with E-state index in [0.717, 1.165) is 18.2 Å². The average molecular weight is 386 g/mol. The molecule has 0 bridgehead atoms. The second-order valence-electron chi connectivity index (χ2n) is 5.02. The predicted octanol–water partition coefficient (Wildman–Crippen LogP) is -0.331. The molecule has 0 radical (unpaired) electrons. The first-order valence-electron chi connectivity index (χ1n) is 7.52. The molecule has 0 fully saturated rings. The minimum absolute atomic E-state index is 0.544. The van der Waals surface area contributed by atoms with Gasteiger partial charge in [0.15, 0.2) is 5.60 Å². The molecular weight excluding hydrogens is 364 g/mol. The Morgan fingerprint density at radius 2 is 1.22 bits per heavy atom. The number of ether oxygens (including phenoxy) is 4. The molecule has 10 nitrogen and oxygen atoms in total. The van der Waals surface area contributed by atoms with Gasteiger partial charge in [-0.1, -0.05) is 26.7 Å². The minimum atomic E-state index is -1.89. The molecule has 10 heteroatoms. The summed E-state index contributed by atoms with van der Waals surface area (Å²) in [6.45, 7) is 8.67. The van der Waals surface area contributed by atoms with Gasteiger partial charge in [0.25, 0.3) is 0 Å². The lowest BCUT2D eigenvalue weighted by Crippen LogP contribution is -2.48. The number of esters is 3. The molecular formula is C17H22O10. The standard InChI is InChI=1S/C17H22O10/c1-5-12(21)24-15(25-13(22)6-2)16(26-14(23)7-3)27-17(9-19,10-20)11(4)8-18/h5-7,11,18-20H,1-3,8-10H2,4H3. The smallest absolute Gasteiger partial charge is 0.380 e. The van der Waals surface area contributed by atoms with Crippen LogP contribution in [0.3, 0.4) is 0 Å². The van der Waals surface area contributed by atoms with Crippen LogP contribution < -0.4 is 0 Å². The highest BCUT2D eigenvalue weighted by atomic mass is 16.8. The van der Waals surface area contributed by atoms with Crippen LogP contribution in [0.2, 0.25) is 0 Å². The Bertz CT molecular complexity index is 591. The Hall–Kier alpha value is -2.95. The zero-order chi connectivity index (χ0) is 21.0. The van der Waals surface area contributed by atoms with E-state index in [-0.39, 0.29) is 0 Å². The van der Waals surface area contributed by atoms with Gasteiger partial charge in [0.1, 0.15) is 0 Å². The van der Waals surface area contributed by atoms with Crippen molar-refractivity contribution in [1.29, 1.82) is 0 Å². The van der Waals surface area contributed by atoms with Crippen molar-refractivity contribution in [2.75, 3.05) is 19.8 Å². The number of carbonyl (C=O) groups is 3. The summed E-state index contributed by atoms with van der Waals surface area (Å²) in [7, 11) is 0. The molecule has 1 unspecified atom stereocenters. The Morgan fingerprint density at radius 3 is 1.52 bits per heavy atom. The number of hydrogen-bond donors (Lipinski definition) is 3. The molecule has 0 aliphatic heterocycles. The van der Waals surface area contributed by atoms with Crippen molar-refractivity contribution in [2.24, 2.45) is 5.92 Å². The number of hydrogen-bond acceptors (Lipinski definition) is 10. The third-order valence-electron chi connectivity index (χ3n) is 3.25. The van der Waals surface area contributed by atoms with Crippen molar-refractivity contribution in [2.45, 2.75) is 12.5 Å². The van der Waals surface area contributed by atoms with Crippen LogP contribution in [0.5, 0.6) is 0 Å². The normalized spacial score (nSPS) is 11.4. The van der Waals surface area contributed by atoms with Gasteiger partial charge in [-0.15, -0.1) is 0 Å². The van der Waals surface area contributed by atoms with E-state index < -0.39 is 61.1 Å². The zero-order valence-corrected chi connectivity index (χ0v) is 14.8. The highest BCUT2D eigenvalue weighted by Crippen LogP contribution is 2.27. The Labute approximate surface area is 155 Å². The summed E-state index contributed by atoms with van der Waals surface area (Å²) in [5.41, 5.74) is -1.89. The molecule has 0 aromatic heterocycles. The maximum absolute atomic E-state index is 11.6. The fourth-order valence-corrected chi connectivity index (χ4v) is 1.49. The quantitative estimate of drug-likeness (QED) is 0.231. The minimum Gasteiger partial charge on any atom is -0.448 e. The van der Waals surface area contributed by atoms with Crippen molar-refractivity contribution in [1.82, 2.24) is 0 Å².